The van der Waals surface area contributed by atoms with E-state index in [0.29, 0.717) is 5.75 Å². The van der Waals surface area contributed by atoms with E-state index in [1.54, 1.807) is 6.20 Å². The minimum atomic E-state index is -1.56. The molecule has 1 aromatic carbocycles. The van der Waals surface area contributed by atoms with E-state index in [0.717, 1.165) is 16.5 Å². The minimum Gasteiger partial charge on any atom is -0.481 e. The SMILES string of the molecule is CSCC[C@H](NC(=O)[C@@H](N)Cc1c[nH]c2ccccc12)C(=O)N[C@@H](CC(=O)O)C(=O)NC(=O)C(C)(C)N.Cl. The Kier molecular flexibility index (Phi) is 12.7. The first-order chi connectivity index (χ1) is 17.3. The number of H-pyrrole nitrogens is 1. The van der Waals surface area contributed by atoms with Crippen LogP contribution in [-0.2, 0) is 30.4 Å². The van der Waals surface area contributed by atoms with Gasteiger partial charge in [0, 0.05) is 17.1 Å². The van der Waals surface area contributed by atoms with Crippen molar-refractivity contribution in [1.82, 2.24) is 20.9 Å². The summed E-state index contributed by atoms with van der Waals surface area (Å²) in [6.45, 7) is 2.74. The molecule has 210 valence electrons. The highest BCUT2D eigenvalue weighted by molar-refractivity contribution is 7.98. The van der Waals surface area contributed by atoms with Crippen LogP contribution < -0.4 is 27.4 Å². The molecule has 0 aliphatic heterocycles. The second-order valence-electron chi connectivity index (χ2n) is 9.21. The van der Waals surface area contributed by atoms with Gasteiger partial charge in [0.05, 0.1) is 18.0 Å². The molecule has 1 heterocycles. The maximum absolute atomic E-state index is 13.0. The first-order valence-electron chi connectivity index (χ1n) is 11.6. The first-order valence-corrected chi connectivity index (χ1v) is 13.0. The van der Waals surface area contributed by atoms with E-state index in [9.17, 15) is 29.1 Å². The third-order valence-electron chi connectivity index (χ3n) is 5.53. The van der Waals surface area contributed by atoms with Crippen molar-refractivity contribution < 1.29 is 29.1 Å². The fourth-order valence-electron chi connectivity index (χ4n) is 3.43. The van der Waals surface area contributed by atoms with Gasteiger partial charge in [0.25, 0.3) is 0 Å². The molecular weight excluding hydrogens is 536 g/mol. The average Bonchev–Trinajstić information content (AvgIpc) is 3.22. The summed E-state index contributed by atoms with van der Waals surface area (Å²) >= 11 is 1.44. The van der Waals surface area contributed by atoms with E-state index in [4.69, 9.17) is 11.5 Å². The van der Waals surface area contributed by atoms with Gasteiger partial charge in [0.1, 0.15) is 12.1 Å². The fourth-order valence-corrected chi connectivity index (χ4v) is 3.90. The number of para-hydroxylation sites is 1. The van der Waals surface area contributed by atoms with Gasteiger partial charge in [-0.15, -0.1) is 12.4 Å². The maximum atomic E-state index is 13.0. The summed E-state index contributed by atoms with van der Waals surface area (Å²) in [7, 11) is 0. The number of nitrogens with two attached hydrogens (primary N) is 2. The van der Waals surface area contributed by atoms with Crippen LogP contribution in [0.2, 0.25) is 0 Å². The zero-order valence-electron chi connectivity index (χ0n) is 21.4. The molecule has 0 bridgehead atoms. The quantitative estimate of drug-likeness (QED) is 0.173. The van der Waals surface area contributed by atoms with Crippen LogP contribution in [-0.4, -0.2) is 75.4 Å². The van der Waals surface area contributed by atoms with Crippen LogP contribution in [0, 0.1) is 0 Å². The Labute approximate surface area is 230 Å². The van der Waals surface area contributed by atoms with Crippen LogP contribution in [0.25, 0.3) is 10.9 Å². The number of hydrogen-bond donors (Lipinski definition) is 7. The molecule has 0 saturated carbocycles. The van der Waals surface area contributed by atoms with Crippen molar-refractivity contribution in [1.29, 1.82) is 0 Å². The van der Waals surface area contributed by atoms with Crippen molar-refractivity contribution in [3.63, 3.8) is 0 Å². The Balaban J connectivity index is 0.00000722. The predicted molar refractivity (Wildman–Crippen MR) is 148 cm³/mol. The lowest BCUT2D eigenvalue weighted by atomic mass is 10.0. The molecule has 2 aromatic rings. The number of carbonyl (C=O) groups excluding carboxylic acids is 4. The van der Waals surface area contributed by atoms with Gasteiger partial charge in [0.15, 0.2) is 0 Å². The van der Waals surface area contributed by atoms with Crippen LogP contribution in [0.5, 0.6) is 0 Å². The number of hydrogen-bond acceptors (Lipinski definition) is 8. The molecular formula is C24H35ClN6O6S. The largest absolute Gasteiger partial charge is 0.481 e. The van der Waals surface area contributed by atoms with Crippen molar-refractivity contribution >= 4 is 64.7 Å². The minimum absolute atomic E-state index is 0. The third-order valence-corrected chi connectivity index (χ3v) is 6.17. The number of imide groups is 1. The summed E-state index contributed by atoms with van der Waals surface area (Å²) in [5, 5.41) is 17.1. The van der Waals surface area contributed by atoms with Crippen LogP contribution in [0.15, 0.2) is 30.5 Å². The molecule has 0 unspecified atom stereocenters. The topological polar surface area (TPSA) is 209 Å². The number of carboxylic acid groups (broad SMARTS) is 1. The molecule has 0 saturated heterocycles. The molecule has 12 nitrogen and oxygen atoms in total. The molecule has 0 radical (unpaired) electrons. The summed E-state index contributed by atoms with van der Waals surface area (Å²) in [5.74, 6) is -4.09. The van der Waals surface area contributed by atoms with Gasteiger partial charge in [-0.2, -0.15) is 11.8 Å². The Bertz CT molecular complexity index is 1150. The number of aromatic nitrogens is 1. The number of halogens is 1. The van der Waals surface area contributed by atoms with Crippen LogP contribution in [0.4, 0.5) is 0 Å². The van der Waals surface area contributed by atoms with E-state index >= 15 is 0 Å². The molecule has 9 N–H and O–H groups in total. The van der Waals surface area contributed by atoms with Gasteiger partial charge in [-0.3, -0.25) is 29.3 Å². The van der Waals surface area contributed by atoms with Gasteiger partial charge in [-0.25, -0.2) is 0 Å². The lowest BCUT2D eigenvalue weighted by molar-refractivity contribution is -0.143. The second kappa shape index (κ2) is 14.7. The summed E-state index contributed by atoms with van der Waals surface area (Å²) in [6.07, 6.45) is 3.23. The molecule has 14 heteroatoms. The van der Waals surface area contributed by atoms with Gasteiger partial charge in [-0.1, -0.05) is 18.2 Å². The molecule has 0 fully saturated rings. The molecule has 38 heavy (non-hydrogen) atoms. The first kappa shape index (κ1) is 32.9. The third kappa shape index (κ3) is 9.63. The van der Waals surface area contributed by atoms with E-state index in [1.807, 2.05) is 35.8 Å². The van der Waals surface area contributed by atoms with E-state index in [1.165, 1.54) is 25.6 Å². The van der Waals surface area contributed by atoms with Crippen LogP contribution >= 0.6 is 24.2 Å². The second-order valence-corrected chi connectivity index (χ2v) is 10.2. The number of carbonyl (C=O) groups is 5. The summed E-state index contributed by atoms with van der Waals surface area (Å²) in [4.78, 5) is 64.9. The van der Waals surface area contributed by atoms with Crippen molar-refractivity contribution in [3.05, 3.63) is 36.0 Å². The van der Waals surface area contributed by atoms with Crippen LogP contribution in [0.1, 0.15) is 32.3 Å². The number of thioether (sulfide) groups is 1. The number of carboxylic acids is 1. The molecule has 2 rings (SSSR count). The number of rotatable bonds is 13. The molecule has 0 aliphatic rings. The Morgan fingerprint density at radius 2 is 1.68 bits per heavy atom. The van der Waals surface area contributed by atoms with Gasteiger partial charge in [0.2, 0.25) is 23.6 Å². The number of benzene rings is 1. The van der Waals surface area contributed by atoms with E-state index in [-0.39, 0.29) is 25.2 Å². The predicted octanol–water partition coefficient (Wildman–Crippen LogP) is 0.0370. The van der Waals surface area contributed by atoms with Crippen molar-refractivity contribution in [3.8, 4) is 0 Å². The number of amides is 4. The molecule has 3 atom stereocenters. The number of aromatic amines is 1. The Morgan fingerprint density at radius 1 is 1.05 bits per heavy atom. The lowest BCUT2D eigenvalue weighted by Crippen LogP contribution is -2.59. The number of aliphatic carboxylic acids is 1. The van der Waals surface area contributed by atoms with E-state index < -0.39 is 59.7 Å². The van der Waals surface area contributed by atoms with Crippen molar-refractivity contribution in [2.24, 2.45) is 11.5 Å². The fraction of sp³-hybridized carbons (Fsp3) is 0.458. The molecule has 0 spiro atoms. The summed E-state index contributed by atoms with van der Waals surface area (Å²) in [6, 6.07) is 3.95. The van der Waals surface area contributed by atoms with Crippen molar-refractivity contribution in [2.45, 2.75) is 56.8 Å². The Hall–Kier alpha value is -3.13. The average molecular weight is 571 g/mol. The van der Waals surface area contributed by atoms with E-state index in [2.05, 4.69) is 15.6 Å². The normalized spacial score (nSPS) is 13.5. The van der Waals surface area contributed by atoms with Crippen LogP contribution in [0.3, 0.4) is 0 Å². The number of fused-ring (bicyclic) bond motifs is 1. The zero-order valence-corrected chi connectivity index (χ0v) is 23.0. The van der Waals surface area contributed by atoms with Gasteiger partial charge >= 0.3 is 5.97 Å². The lowest BCUT2D eigenvalue weighted by Gasteiger charge is -2.24. The summed E-state index contributed by atoms with van der Waals surface area (Å²) in [5.41, 5.74) is 12.1. The standard InChI is InChI=1S/C24H34N6O6S.ClH/c1-24(2,26)23(36)30-22(35)18(11-19(31)32)29-21(34)17(8-9-37-3)28-20(33)15(25)10-13-12-27-16-7-5-4-6-14(13)16;/h4-7,12,15,17-18,27H,8-11,25-26H2,1-3H3,(H,28,33)(H,29,34)(H,31,32)(H,30,35,36);1H/t15-,17-,18-;/m0./s1. The highest BCUT2D eigenvalue weighted by atomic mass is 35.5. The number of nitrogens with one attached hydrogen (secondary N) is 4. The monoisotopic (exact) mass is 570 g/mol. The van der Waals surface area contributed by atoms with Gasteiger partial charge in [-0.05, 0) is 50.3 Å². The molecule has 4 amide bonds. The van der Waals surface area contributed by atoms with Gasteiger partial charge < -0.3 is 32.2 Å². The molecule has 0 aliphatic carbocycles. The Morgan fingerprint density at radius 3 is 2.29 bits per heavy atom. The molecule has 1 aromatic heterocycles. The zero-order chi connectivity index (χ0) is 27.8. The smallest absolute Gasteiger partial charge is 0.305 e. The summed E-state index contributed by atoms with van der Waals surface area (Å²) < 4.78 is 0. The highest BCUT2D eigenvalue weighted by Crippen LogP contribution is 2.19. The van der Waals surface area contributed by atoms with Crippen molar-refractivity contribution in [2.75, 3.05) is 12.0 Å². The maximum Gasteiger partial charge on any atom is 0.305 e. The highest BCUT2D eigenvalue weighted by Gasteiger charge is 2.32.